The van der Waals surface area contributed by atoms with Crippen molar-refractivity contribution >= 4 is 5.91 Å². The van der Waals surface area contributed by atoms with E-state index in [0.717, 1.165) is 12.8 Å². The molecule has 0 radical (unpaired) electrons. The number of amides is 1. The van der Waals surface area contributed by atoms with Crippen molar-refractivity contribution in [3.63, 3.8) is 0 Å². The molecule has 1 N–H and O–H groups in total. The summed E-state index contributed by atoms with van der Waals surface area (Å²) in [4.78, 5) is 12.0. The molecule has 0 unspecified atom stereocenters. The average molecular weight is 279 g/mol. The van der Waals surface area contributed by atoms with Crippen LogP contribution in [0.5, 0.6) is 11.5 Å². The van der Waals surface area contributed by atoms with Crippen LogP contribution in [0.2, 0.25) is 0 Å². The van der Waals surface area contributed by atoms with Crippen molar-refractivity contribution < 1.29 is 14.3 Å². The Labute approximate surface area is 121 Å². The normalized spacial score (nSPS) is 10.4. The van der Waals surface area contributed by atoms with Gasteiger partial charge in [0.15, 0.2) is 11.5 Å². The number of nitrogens with one attached hydrogen (secondary N) is 1. The summed E-state index contributed by atoms with van der Waals surface area (Å²) in [5, 5.41) is 2.86. The molecule has 0 atom stereocenters. The number of rotatable bonds is 8. The summed E-state index contributed by atoms with van der Waals surface area (Å²) >= 11 is 0. The summed E-state index contributed by atoms with van der Waals surface area (Å²) in [6, 6.07) is 5.42. The smallest absolute Gasteiger partial charge is 0.251 e. The summed E-state index contributed by atoms with van der Waals surface area (Å²) in [6.07, 6.45) is 2.08. The first-order chi connectivity index (χ1) is 9.58. The number of unbranched alkanes of at least 4 members (excludes halogenated alkanes) is 1. The van der Waals surface area contributed by atoms with Crippen LogP contribution in [-0.4, -0.2) is 25.2 Å². The van der Waals surface area contributed by atoms with E-state index in [0.29, 0.717) is 30.3 Å². The Morgan fingerprint density at radius 1 is 1.20 bits per heavy atom. The zero-order valence-corrected chi connectivity index (χ0v) is 12.9. The van der Waals surface area contributed by atoms with Gasteiger partial charge in [0.05, 0.1) is 13.2 Å². The van der Waals surface area contributed by atoms with Crippen LogP contribution in [0.15, 0.2) is 18.2 Å². The van der Waals surface area contributed by atoms with Crippen LogP contribution < -0.4 is 14.8 Å². The van der Waals surface area contributed by atoms with Crippen molar-refractivity contribution in [1.82, 2.24) is 5.32 Å². The van der Waals surface area contributed by atoms with Gasteiger partial charge < -0.3 is 14.8 Å². The number of ether oxygens (including phenoxy) is 2. The number of carbonyl (C=O) groups is 1. The van der Waals surface area contributed by atoms with Gasteiger partial charge in [-0.3, -0.25) is 4.79 Å². The van der Waals surface area contributed by atoms with Crippen molar-refractivity contribution in [3.05, 3.63) is 23.8 Å². The topological polar surface area (TPSA) is 47.6 Å². The van der Waals surface area contributed by atoms with Crippen molar-refractivity contribution in [2.45, 2.75) is 46.6 Å². The van der Waals surface area contributed by atoms with E-state index in [2.05, 4.69) is 12.2 Å². The quantitative estimate of drug-likeness (QED) is 0.742. The molecule has 0 saturated carbocycles. The van der Waals surface area contributed by atoms with Crippen LogP contribution in [0.4, 0.5) is 0 Å². The maximum absolute atomic E-state index is 12.0. The average Bonchev–Trinajstić information content (AvgIpc) is 2.40. The van der Waals surface area contributed by atoms with Crippen molar-refractivity contribution in [2.75, 3.05) is 13.2 Å². The molecule has 0 aliphatic rings. The molecule has 1 aromatic carbocycles. The van der Waals surface area contributed by atoms with Gasteiger partial charge in [0.2, 0.25) is 0 Å². The number of benzene rings is 1. The van der Waals surface area contributed by atoms with Crippen LogP contribution in [0.25, 0.3) is 0 Å². The second-order valence-electron chi connectivity index (χ2n) is 4.92. The second-order valence-corrected chi connectivity index (χ2v) is 4.92. The first-order valence-corrected chi connectivity index (χ1v) is 7.29. The predicted molar refractivity (Wildman–Crippen MR) is 80.6 cm³/mol. The van der Waals surface area contributed by atoms with Crippen LogP contribution in [-0.2, 0) is 0 Å². The van der Waals surface area contributed by atoms with Crippen LogP contribution in [0.1, 0.15) is 50.9 Å². The lowest BCUT2D eigenvalue weighted by Gasteiger charge is -2.14. The molecular formula is C16H25NO3. The maximum Gasteiger partial charge on any atom is 0.251 e. The Bertz CT molecular complexity index is 430. The Morgan fingerprint density at radius 2 is 1.95 bits per heavy atom. The van der Waals surface area contributed by atoms with Crippen molar-refractivity contribution in [1.29, 1.82) is 0 Å². The summed E-state index contributed by atoms with van der Waals surface area (Å²) in [5.41, 5.74) is 0.588. The SMILES string of the molecule is CCCCOc1ccc(C(=O)NC(C)C)cc1OCC. The third-order valence-electron chi connectivity index (χ3n) is 2.68. The largest absolute Gasteiger partial charge is 0.490 e. The minimum atomic E-state index is -0.0962. The maximum atomic E-state index is 12.0. The van der Waals surface area contributed by atoms with E-state index in [9.17, 15) is 4.79 Å². The van der Waals surface area contributed by atoms with E-state index in [-0.39, 0.29) is 11.9 Å². The Hall–Kier alpha value is -1.71. The van der Waals surface area contributed by atoms with Gasteiger partial charge in [-0.15, -0.1) is 0 Å². The lowest BCUT2D eigenvalue weighted by atomic mass is 10.1. The zero-order chi connectivity index (χ0) is 15.0. The minimum Gasteiger partial charge on any atom is -0.490 e. The monoisotopic (exact) mass is 279 g/mol. The van der Waals surface area contributed by atoms with Gasteiger partial charge in [-0.05, 0) is 45.4 Å². The molecule has 20 heavy (non-hydrogen) atoms. The minimum absolute atomic E-state index is 0.0962. The molecule has 0 aliphatic heterocycles. The van der Waals surface area contributed by atoms with Crippen molar-refractivity contribution in [3.8, 4) is 11.5 Å². The molecule has 0 bridgehead atoms. The molecule has 0 aliphatic carbocycles. The molecule has 112 valence electrons. The number of hydrogen-bond acceptors (Lipinski definition) is 3. The molecule has 4 heteroatoms. The van der Waals surface area contributed by atoms with Crippen LogP contribution >= 0.6 is 0 Å². The Kier molecular flexibility index (Phi) is 6.91. The first kappa shape index (κ1) is 16.3. The number of hydrogen-bond donors (Lipinski definition) is 1. The van der Waals surface area contributed by atoms with Gasteiger partial charge in [0.25, 0.3) is 5.91 Å². The molecule has 0 saturated heterocycles. The molecular weight excluding hydrogens is 254 g/mol. The molecule has 0 aromatic heterocycles. The highest BCUT2D eigenvalue weighted by molar-refractivity contribution is 5.95. The van der Waals surface area contributed by atoms with Gasteiger partial charge in [0.1, 0.15) is 0 Å². The second kappa shape index (κ2) is 8.46. The highest BCUT2D eigenvalue weighted by atomic mass is 16.5. The van der Waals surface area contributed by atoms with Gasteiger partial charge in [-0.2, -0.15) is 0 Å². The van der Waals surface area contributed by atoms with E-state index in [4.69, 9.17) is 9.47 Å². The van der Waals surface area contributed by atoms with E-state index in [1.165, 1.54) is 0 Å². The summed E-state index contributed by atoms with van der Waals surface area (Å²) in [6.45, 7) is 9.10. The highest BCUT2D eigenvalue weighted by Gasteiger charge is 2.12. The molecule has 1 rings (SSSR count). The number of carbonyl (C=O) groups excluding carboxylic acids is 1. The fourth-order valence-electron chi connectivity index (χ4n) is 1.71. The van der Waals surface area contributed by atoms with E-state index >= 15 is 0 Å². The Morgan fingerprint density at radius 3 is 2.55 bits per heavy atom. The third kappa shape index (κ3) is 5.11. The molecule has 0 heterocycles. The molecule has 1 amide bonds. The predicted octanol–water partition coefficient (Wildman–Crippen LogP) is 3.40. The molecule has 4 nitrogen and oxygen atoms in total. The third-order valence-corrected chi connectivity index (χ3v) is 2.68. The van der Waals surface area contributed by atoms with E-state index < -0.39 is 0 Å². The zero-order valence-electron chi connectivity index (χ0n) is 12.9. The molecule has 1 aromatic rings. The summed E-state index contributed by atoms with van der Waals surface area (Å²) < 4.78 is 11.2. The van der Waals surface area contributed by atoms with Crippen molar-refractivity contribution in [2.24, 2.45) is 0 Å². The molecule has 0 spiro atoms. The van der Waals surface area contributed by atoms with Gasteiger partial charge in [-0.25, -0.2) is 0 Å². The molecule has 0 fully saturated rings. The first-order valence-electron chi connectivity index (χ1n) is 7.29. The van der Waals surface area contributed by atoms with Gasteiger partial charge in [0, 0.05) is 11.6 Å². The Balaban J connectivity index is 2.85. The lowest BCUT2D eigenvalue weighted by Crippen LogP contribution is -2.30. The standard InChI is InChI=1S/C16H25NO3/c1-5-7-10-20-14-9-8-13(11-15(14)19-6-2)16(18)17-12(3)4/h8-9,11-12H,5-7,10H2,1-4H3,(H,17,18). The summed E-state index contributed by atoms with van der Waals surface area (Å²) in [5.74, 6) is 1.22. The van der Waals surface area contributed by atoms with Gasteiger partial charge in [-0.1, -0.05) is 13.3 Å². The summed E-state index contributed by atoms with van der Waals surface area (Å²) in [7, 11) is 0. The van der Waals surface area contributed by atoms with Crippen LogP contribution in [0.3, 0.4) is 0 Å². The van der Waals surface area contributed by atoms with Gasteiger partial charge >= 0.3 is 0 Å². The van der Waals surface area contributed by atoms with E-state index in [1.807, 2.05) is 20.8 Å². The highest BCUT2D eigenvalue weighted by Crippen LogP contribution is 2.28. The fourth-order valence-corrected chi connectivity index (χ4v) is 1.71. The van der Waals surface area contributed by atoms with E-state index in [1.54, 1.807) is 18.2 Å². The van der Waals surface area contributed by atoms with Crippen LogP contribution in [0, 0.1) is 0 Å². The lowest BCUT2D eigenvalue weighted by molar-refractivity contribution is 0.0942. The fraction of sp³-hybridized carbons (Fsp3) is 0.562.